The smallest absolute Gasteiger partial charge is 0.306 e. The molecule has 1 atom stereocenters. The molecule has 0 aliphatic rings. The second kappa shape index (κ2) is 7.07. The lowest BCUT2D eigenvalue weighted by Crippen LogP contribution is -2.18. The van der Waals surface area contributed by atoms with Crippen LogP contribution in [-0.4, -0.2) is 24.3 Å². The van der Waals surface area contributed by atoms with E-state index in [-0.39, 0.29) is 5.92 Å². The highest BCUT2D eigenvalue weighted by Crippen LogP contribution is 2.14. The highest BCUT2D eigenvalue weighted by molar-refractivity contribution is 5.70. The van der Waals surface area contributed by atoms with Crippen molar-refractivity contribution in [2.75, 3.05) is 13.2 Å². The lowest BCUT2D eigenvalue weighted by molar-refractivity contribution is -0.142. The van der Waals surface area contributed by atoms with Crippen molar-refractivity contribution in [2.45, 2.75) is 26.7 Å². The summed E-state index contributed by atoms with van der Waals surface area (Å²) >= 11 is 0. The van der Waals surface area contributed by atoms with Gasteiger partial charge in [-0.3, -0.25) is 4.79 Å². The Morgan fingerprint density at radius 1 is 1.47 bits per heavy atom. The maximum Gasteiger partial charge on any atom is 0.306 e. The second-order valence-corrected chi connectivity index (χ2v) is 4.21. The zero-order valence-electron chi connectivity index (χ0n) is 10.5. The third kappa shape index (κ3) is 5.00. The molecule has 0 heterocycles. The first kappa shape index (κ1) is 13.7. The monoisotopic (exact) mass is 236 g/mol. The number of benzene rings is 1. The van der Waals surface area contributed by atoms with E-state index in [1.165, 1.54) is 0 Å². The minimum absolute atomic E-state index is 0.358. The van der Waals surface area contributed by atoms with Crippen LogP contribution < -0.4 is 0 Å². The molecule has 0 saturated carbocycles. The summed E-state index contributed by atoms with van der Waals surface area (Å²) < 4.78 is 5.21. The SMILES string of the molecule is CCOCCC(Cc1cccc(C)c1)C(=O)O. The maximum absolute atomic E-state index is 11.1. The van der Waals surface area contributed by atoms with Crippen LogP contribution >= 0.6 is 0 Å². The van der Waals surface area contributed by atoms with Crippen molar-refractivity contribution in [1.29, 1.82) is 0 Å². The van der Waals surface area contributed by atoms with E-state index in [2.05, 4.69) is 0 Å². The van der Waals surface area contributed by atoms with Gasteiger partial charge in [-0.1, -0.05) is 29.8 Å². The van der Waals surface area contributed by atoms with E-state index in [4.69, 9.17) is 9.84 Å². The molecular formula is C14H20O3. The van der Waals surface area contributed by atoms with Crippen LogP contribution in [0.1, 0.15) is 24.5 Å². The number of ether oxygens (including phenoxy) is 1. The molecule has 0 saturated heterocycles. The molecule has 0 radical (unpaired) electrons. The van der Waals surface area contributed by atoms with Gasteiger partial charge in [-0.05, 0) is 32.3 Å². The van der Waals surface area contributed by atoms with Crippen molar-refractivity contribution in [2.24, 2.45) is 5.92 Å². The first-order valence-electron chi connectivity index (χ1n) is 5.99. The number of carbonyl (C=O) groups is 1. The highest BCUT2D eigenvalue weighted by Gasteiger charge is 2.17. The van der Waals surface area contributed by atoms with E-state index in [9.17, 15) is 4.79 Å². The van der Waals surface area contributed by atoms with Gasteiger partial charge in [0.2, 0.25) is 0 Å². The molecule has 0 aromatic heterocycles. The van der Waals surface area contributed by atoms with Crippen molar-refractivity contribution in [3.63, 3.8) is 0 Å². The number of aryl methyl sites for hydroxylation is 1. The Labute approximate surface area is 102 Å². The molecule has 0 spiro atoms. The molecule has 0 aliphatic carbocycles. The Hall–Kier alpha value is -1.35. The normalized spacial score (nSPS) is 12.4. The van der Waals surface area contributed by atoms with Crippen LogP contribution in [0.15, 0.2) is 24.3 Å². The highest BCUT2D eigenvalue weighted by atomic mass is 16.5. The summed E-state index contributed by atoms with van der Waals surface area (Å²) in [6.07, 6.45) is 1.14. The van der Waals surface area contributed by atoms with E-state index in [1.54, 1.807) is 0 Å². The summed E-state index contributed by atoms with van der Waals surface area (Å²) in [6, 6.07) is 7.99. The quantitative estimate of drug-likeness (QED) is 0.740. The average Bonchev–Trinajstić information content (AvgIpc) is 2.28. The second-order valence-electron chi connectivity index (χ2n) is 4.21. The molecule has 1 aromatic carbocycles. The number of carboxylic acid groups (broad SMARTS) is 1. The van der Waals surface area contributed by atoms with E-state index < -0.39 is 5.97 Å². The van der Waals surface area contributed by atoms with Gasteiger partial charge in [0, 0.05) is 13.2 Å². The summed E-state index contributed by atoms with van der Waals surface area (Å²) in [5.74, 6) is -1.10. The van der Waals surface area contributed by atoms with E-state index in [0.29, 0.717) is 26.1 Å². The zero-order valence-corrected chi connectivity index (χ0v) is 10.5. The van der Waals surface area contributed by atoms with Crippen LogP contribution in [0.3, 0.4) is 0 Å². The molecule has 1 aromatic rings. The standard InChI is InChI=1S/C14H20O3/c1-3-17-8-7-13(14(15)16)10-12-6-4-5-11(2)9-12/h4-6,9,13H,3,7-8,10H2,1-2H3,(H,15,16). The van der Waals surface area contributed by atoms with Gasteiger partial charge < -0.3 is 9.84 Å². The summed E-state index contributed by atoms with van der Waals surface area (Å²) in [5.41, 5.74) is 2.24. The number of hydrogen-bond acceptors (Lipinski definition) is 2. The van der Waals surface area contributed by atoms with E-state index in [1.807, 2.05) is 38.1 Å². The van der Waals surface area contributed by atoms with Gasteiger partial charge in [0.05, 0.1) is 5.92 Å². The minimum Gasteiger partial charge on any atom is -0.481 e. The van der Waals surface area contributed by atoms with Crippen molar-refractivity contribution in [3.8, 4) is 0 Å². The predicted molar refractivity (Wildman–Crippen MR) is 67.1 cm³/mol. The van der Waals surface area contributed by atoms with Crippen LogP contribution in [0.4, 0.5) is 0 Å². The van der Waals surface area contributed by atoms with Gasteiger partial charge in [0.25, 0.3) is 0 Å². The Morgan fingerprint density at radius 2 is 2.24 bits per heavy atom. The van der Waals surface area contributed by atoms with Crippen molar-refractivity contribution >= 4 is 5.97 Å². The molecule has 3 nitrogen and oxygen atoms in total. The largest absolute Gasteiger partial charge is 0.481 e. The predicted octanol–water partition coefficient (Wildman–Crippen LogP) is 2.66. The van der Waals surface area contributed by atoms with Crippen molar-refractivity contribution in [3.05, 3.63) is 35.4 Å². The summed E-state index contributed by atoms with van der Waals surface area (Å²) in [7, 11) is 0. The maximum atomic E-state index is 11.1. The fourth-order valence-corrected chi connectivity index (χ4v) is 1.81. The molecule has 0 aliphatic heterocycles. The van der Waals surface area contributed by atoms with Gasteiger partial charge in [-0.15, -0.1) is 0 Å². The number of rotatable bonds is 7. The molecule has 1 rings (SSSR count). The Morgan fingerprint density at radius 3 is 2.82 bits per heavy atom. The van der Waals surface area contributed by atoms with Crippen molar-refractivity contribution in [1.82, 2.24) is 0 Å². The van der Waals surface area contributed by atoms with Crippen LogP contribution in [0.25, 0.3) is 0 Å². The van der Waals surface area contributed by atoms with Crippen LogP contribution in [-0.2, 0) is 16.0 Å². The van der Waals surface area contributed by atoms with Crippen molar-refractivity contribution < 1.29 is 14.6 Å². The van der Waals surface area contributed by atoms with Gasteiger partial charge in [0.15, 0.2) is 0 Å². The molecule has 0 amide bonds. The topological polar surface area (TPSA) is 46.5 Å². The fourth-order valence-electron chi connectivity index (χ4n) is 1.81. The average molecular weight is 236 g/mol. The minimum atomic E-state index is -0.744. The lowest BCUT2D eigenvalue weighted by Gasteiger charge is -2.12. The summed E-state index contributed by atoms with van der Waals surface area (Å²) in [6.45, 7) is 5.08. The number of hydrogen-bond donors (Lipinski definition) is 1. The Bertz CT molecular complexity index is 360. The first-order valence-corrected chi connectivity index (χ1v) is 5.99. The van der Waals surface area contributed by atoms with Gasteiger partial charge in [-0.2, -0.15) is 0 Å². The third-order valence-electron chi connectivity index (χ3n) is 2.73. The third-order valence-corrected chi connectivity index (χ3v) is 2.73. The van der Waals surface area contributed by atoms with Crippen LogP contribution in [0, 0.1) is 12.8 Å². The molecule has 1 unspecified atom stereocenters. The molecule has 0 bridgehead atoms. The molecule has 1 N–H and O–H groups in total. The van der Waals surface area contributed by atoms with E-state index >= 15 is 0 Å². The number of carboxylic acids is 1. The Balaban J connectivity index is 2.57. The van der Waals surface area contributed by atoms with Crippen LogP contribution in [0.5, 0.6) is 0 Å². The van der Waals surface area contributed by atoms with E-state index in [0.717, 1.165) is 11.1 Å². The Kier molecular flexibility index (Phi) is 5.70. The fraction of sp³-hybridized carbons (Fsp3) is 0.500. The number of aliphatic carboxylic acids is 1. The van der Waals surface area contributed by atoms with Gasteiger partial charge in [-0.25, -0.2) is 0 Å². The van der Waals surface area contributed by atoms with Gasteiger partial charge in [0.1, 0.15) is 0 Å². The zero-order chi connectivity index (χ0) is 12.7. The van der Waals surface area contributed by atoms with Crippen LogP contribution in [0.2, 0.25) is 0 Å². The lowest BCUT2D eigenvalue weighted by atomic mass is 9.96. The first-order chi connectivity index (χ1) is 8.13. The molecule has 17 heavy (non-hydrogen) atoms. The molecule has 0 fully saturated rings. The molecular weight excluding hydrogens is 216 g/mol. The molecule has 3 heteroatoms. The summed E-state index contributed by atoms with van der Waals surface area (Å²) in [5, 5.41) is 9.15. The molecule has 94 valence electrons. The summed E-state index contributed by atoms with van der Waals surface area (Å²) in [4.78, 5) is 11.1. The van der Waals surface area contributed by atoms with Gasteiger partial charge >= 0.3 is 5.97 Å².